The number of nitrogens with zero attached hydrogens (tertiary/aromatic N) is 2. The lowest BCUT2D eigenvalue weighted by Gasteiger charge is -2.01. The van der Waals surface area contributed by atoms with E-state index in [-0.39, 0.29) is 28.6 Å². The summed E-state index contributed by atoms with van der Waals surface area (Å²) < 4.78 is 0.706. The van der Waals surface area contributed by atoms with Gasteiger partial charge in [-0.1, -0.05) is 15.9 Å². The Morgan fingerprint density at radius 3 is 2.85 bits per heavy atom. The van der Waals surface area contributed by atoms with Crippen LogP contribution in [0.3, 0.4) is 0 Å². The smallest absolute Gasteiger partial charge is 0.270 e. The molecule has 1 heterocycles. The number of hydrogen-bond acceptors (Lipinski definition) is 5. The number of rotatable bonds is 3. The second kappa shape index (κ2) is 6.77. The van der Waals surface area contributed by atoms with Crippen LogP contribution in [0.25, 0.3) is 11.3 Å². The summed E-state index contributed by atoms with van der Waals surface area (Å²) in [6.07, 6.45) is 0. The Labute approximate surface area is 136 Å². The van der Waals surface area contributed by atoms with E-state index in [1.165, 1.54) is 23.5 Å². The maximum Gasteiger partial charge on any atom is 0.270 e. The Morgan fingerprint density at radius 2 is 2.25 bits per heavy atom. The SMILES string of the molecule is Br.N=C(N)Nc1nc(-c2cc([N+](=O)[O-])ccc2Br)cs1. The van der Waals surface area contributed by atoms with Gasteiger partial charge in [-0.25, -0.2) is 4.98 Å². The summed E-state index contributed by atoms with van der Waals surface area (Å²) in [6.45, 7) is 0. The van der Waals surface area contributed by atoms with E-state index >= 15 is 0 Å². The molecule has 7 nitrogen and oxygen atoms in total. The van der Waals surface area contributed by atoms with Crippen LogP contribution in [0.4, 0.5) is 10.8 Å². The number of nitrogens with one attached hydrogen (secondary N) is 2. The van der Waals surface area contributed by atoms with Gasteiger partial charge < -0.3 is 11.1 Å². The van der Waals surface area contributed by atoms with E-state index in [1.54, 1.807) is 11.4 Å². The largest absolute Gasteiger partial charge is 0.370 e. The summed E-state index contributed by atoms with van der Waals surface area (Å²) in [5.74, 6) is -0.209. The lowest BCUT2D eigenvalue weighted by atomic mass is 10.1. The van der Waals surface area contributed by atoms with Gasteiger partial charge in [0, 0.05) is 27.5 Å². The molecule has 106 valence electrons. The molecule has 0 saturated heterocycles. The number of halogens is 2. The van der Waals surface area contributed by atoms with Crippen LogP contribution < -0.4 is 11.1 Å². The summed E-state index contributed by atoms with van der Waals surface area (Å²) >= 11 is 4.59. The first-order valence-electron chi connectivity index (χ1n) is 4.98. The molecule has 0 amide bonds. The Bertz CT molecular complexity index is 661. The number of nitrogens with two attached hydrogens (primary N) is 1. The Hall–Kier alpha value is -1.52. The molecule has 4 N–H and O–H groups in total. The van der Waals surface area contributed by atoms with E-state index in [2.05, 4.69) is 26.2 Å². The van der Waals surface area contributed by atoms with Crippen molar-refractivity contribution in [3.8, 4) is 11.3 Å². The van der Waals surface area contributed by atoms with Gasteiger partial charge in [0.2, 0.25) is 0 Å². The first-order chi connectivity index (χ1) is 8.97. The second-order valence-corrected chi connectivity index (χ2v) is 5.21. The molecule has 0 bridgehead atoms. The molecular weight excluding hydrogens is 414 g/mol. The molecule has 0 aliphatic rings. The van der Waals surface area contributed by atoms with Crippen molar-refractivity contribution in [3.05, 3.63) is 38.2 Å². The Morgan fingerprint density at radius 1 is 1.55 bits per heavy atom. The van der Waals surface area contributed by atoms with Gasteiger partial charge >= 0.3 is 0 Å². The van der Waals surface area contributed by atoms with E-state index in [9.17, 15) is 10.1 Å². The van der Waals surface area contributed by atoms with Crippen LogP contribution in [-0.2, 0) is 0 Å². The van der Waals surface area contributed by atoms with E-state index in [0.29, 0.717) is 20.9 Å². The van der Waals surface area contributed by atoms with Gasteiger partial charge in [0.25, 0.3) is 5.69 Å². The maximum atomic E-state index is 10.8. The zero-order valence-corrected chi connectivity index (χ0v) is 13.9. The van der Waals surface area contributed by atoms with Gasteiger partial charge in [0.1, 0.15) is 0 Å². The lowest BCUT2D eigenvalue weighted by Crippen LogP contribution is -2.20. The first kappa shape index (κ1) is 16.5. The zero-order valence-electron chi connectivity index (χ0n) is 9.79. The Balaban J connectivity index is 0.00000200. The highest BCUT2D eigenvalue weighted by Crippen LogP contribution is 2.33. The van der Waals surface area contributed by atoms with Gasteiger partial charge in [0.05, 0.1) is 10.6 Å². The fourth-order valence-electron chi connectivity index (χ4n) is 1.39. The maximum absolute atomic E-state index is 10.8. The van der Waals surface area contributed by atoms with Crippen molar-refractivity contribution < 1.29 is 4.92 Å². The molecular formula is C10H9Br2N5O2S. The van der Waals surface area contributed by atoms with Crippen molar-refractivity contribution in [1.29, 1.82) is 5.41 Å². The minimum absolute atomic E-state index is 0. The lowest BCUT2D eigenvalue weighted by molar-refractivity contribution is -0.384. The molecule has 0 radical (unpaired) electrons. The summed E-state index contributed by atoms with van der Waals surface area (Å²) in [7, 11) is 0. The van der Waals surface area contributed by atoms with Crippen LogP contribution in [0.1, 0.15) is 0 Å². The van der Waals surface area contributed by atoms with E-state index in [0.717, 1.165) is 0 Å². The molecule has 0 spiro atoms. The van der Waals surface area contributed by atoms with E-state index in [1.807, 2.05) is 0 Å². The van der Waals surface area contributed by atoms with Crippen molar-refractivity contribution in [2.45, 2.75) is 0 Å². The average molecular weight is 423 g/mol. The van der Waals surface area contributed by atoms with Crippen LogP contribution >= 0.6 is 44.2 Å². The fourth-order valence-corrected chi connectivity index (χ4v) is 2.57. The van der Waals surface area contributed by atoms with E-state index < -0.39 is 4.92 Å². The third-order valence-corrected chi connectivity index (χ3v) is 3.63. The van der Waals surface area contributed by atoms with Gasteiger partial charge in [-0.2, -0.15) is 0 Å². The molecule has 2 rings (SSSR count). The molecule has 0 fully saturated rings. The number of aromatic nitrogens is 1. The third-order valence-electron chi connectivity index (χ3n) is 2.18. The van der Waals surface area contributed by atoms with Crippen LogP contribution in [0.15, 0.2) is 28.1 Å². The van der Waals surface area contributed by atoms with Crippen molar-refractivity contribution in [2.75, 3.05) is 5.32 Å². The highest BCUT2D eigenvalue weighted by molar-refractivity contribution is 9.10. The number of hydrogen-bond donors (Lipinski definition) is 3. The zero-order chi connectivity index (χ0) is 14.0. The number of non-ortho nitro benzene ring substituents is 1. The molecule has 20 heavy (non-hydrogen) atoms. The molecule has 0 atom stereocenters. The number of anilines is 1. The summed E-state index contributed by atoms with van der Waals surface area (Å²) in [5.41, 5.74) is 6.39. The van der Waals surface area contributed by atoms with Crippen molar-refractivity contribution in [3.63, 3.8) is 0 Å². The van der Waals surface area contributed by atoms with Crippen molar-refractivity contribution >= 4 is 61.0 Å². The summed E-state index contributed by atoms with van der Waals surface area (Å²) in [5, 5.41) is 22.6. The molecule has 0 saturated carbocycles. The fraction of sp³-hybridized carbons (Fsp3) is 0. The number of guanidine groups is 1. The van der Waals surface area contributed by atoms with Crippen LogP contribution in [-0.4, -0.2) is 15.9 Å². The van der Waals surface area contributed by atoms with Gasteiger partial charge in [-0.3, -0.25) is 15.5 Å². The standard InChI is InChI=1S/C10H8BrN5O2S.BrH/c11-7-2-1-5(16(17)18)3-6(7)8-4-19-10(14-8)15-9(12)13;/h1-4H,(H4,12,13,14,15);1H. The van der Waals surface area contributed by atoms with Gasteiger partial charge in [-0.05, 0) is 6.07 Å². The highest BCUT2D eigenvalue weighted by Gasteiger charge is 2.13. The van der Waals surface area contributed by atoms with Gasteiger partial charge in [-0.15, -0.1) is 28.3 Å². The number of benzene rings is 1. The third kappa shape index (κ3) is 3.74. The molecule has 0 unspecified atom stereocenters. The van der Waals surface area contributed by atoms with Gasteiger partial charge in [0.15, 0.2) is 11.1 Å². The molecule has 0 aliphatic carbocycles. The molecule has 1 aromatic carbocycles. The molecule has 10 heteroatoms. The Kier molecular flexibility index (Phi) is 5.60. The second-order valence-electron chi connectivity index (χ2n) is 3.50. The number of thiazole rings is 1. The van der Waals surface area contributed by atoms with Crippen molar-refractivity contribution in [2.24, 2.45) is 5.73 Å². The average Bonchev–Trinajstić information content (AvgIpc) is 2.76. The predicted octanol–water partition coefficient (Wildman–Crippen LogP) is 3.36. The monoisotopic (exact) mass is 421 g/mol. The minimum atomic E-state index is -0.461. The normalized spacial score (nSPS) is 9.65. The number of nitro groups is 1. The van der Waals surface area contributed by atoms with Crippen LogP contribution in [0, 0.1) is 15.5 Å². The summed E-state index contributed by atoms with van der Waals surface area (Å²) in [6, 6.07) is 4.45. The van der Waals surface area contributed by atoms with E-state index in [4.69, 9.17) is 11.1 Å². The summed E-state index contributed by atoms with van der Waals surface area (Å²) in [4.78, 5) is 14.5. The van der Waals surface area contributed by atoms with Crippen molar-refractivity contribution in [1.82, 2.24) is 4.98 Å². The molecule has 2 aromatic rings. The predicted molar refractivity (Wildman–Crippen MR) is 87.8 cm³/mol. The molecule has 0 aliphatic heterocycles. The van der Waals surface area contributed by atoms with Crippen LogP contribution in [0.2, 0.25) is 0 Å². The minimum Gasteiger partial charge on any atom is -0.370 e. The highest BCUT2D eigenvalue weighted by atomic mass is 79.9. The van der Waals surface area contributed by atoms with Crippen LogP contribution in [0.5, 0.6) is 0 Å². The number of nitro benzene ring substituents is 1. The quantitative estimate of drug-likeness (QED) is 0.303. The first-order valence-corrected chi connectivity index (χ1v) is 6.65. The molecule has 1 aromatic heterocycles. The topological polar surface area (TPSA) is 118 Å².